The van der Waals surface area contributed by atoms with Crippen LogP contribution in [-0.4, -0.2) is 34.4 Å². The fourth-order valence-corrected chi connectivity index (χ4v) is 2.70. The maximum Gasteiger partial charge on any atom is 0.480 e. The summed E-state index contributed by atoms with van der Waals surface area (Å²) in [4.78, 5) is 0. The molecule has 0 unspecified atom stereocenters. The summed E-state index contributed by atoms with van der Waals surface area (Å²) in [5.74, 6) is 0. The van der Waals surface area contributed by atoms with Crippen LogP contribution in [0.2, 0.25) is 0 Å². The van der Waals surface area contributed by atoms with Gasteiger partial charge >= 0.3 is 11.0 Å². The number of hydrogen-bond donors (Lipinski definition) is 1. The summed E-state index contributed by atoms with van der Waals surface area (Å²) in [6.07, 6.45) is 6.86. The largest absolute Gasteiger partial charge is 0.480 e. The number of nitrogens with zero attached hydrogens (tertiary/aromatic N) is 1. The van der Waals surface area contributed by atoms with Crippen LogP contribution in [0.4, 0.5) is 26.3 Å². The van der Waals surface area contributed by atoms with Crippen LogP contribution in [0.25, 0.3) is 4.13 Å². The van der Waals surface area contributed by atoms with Crippen molar-refractivity contribution in [3.8, 4) is 0 Å². The van der Waals surface area contributed by atoms with Gasteiger partial charge in [-0.15, -0.1) is 0 Å². The second-order valence-corrected chi connectivity index (χ2v) is 7.61. The van der Waals surface area contributed by atoms with Crippen molar-refractivity contribution in [3.63, 3.8) is 0 Å². The minimum Gasteiger partial charge on any atom is -0.421 e. The molecule has 0 aliphatic carbocycles. The van der Waals surface area contributed by atoms with Gasteiger partial charge in [-0.3, -0.25) is 0 Å². The summed E-state index contributed by atoms with van der Waals surface area (Å²) in [7, 11) is -13.4. The van der Waals surface area contributed by atoms with Crippen molar-refractivity contribution in [1.82, 2.24) is 0 Å². The Balaban J connectivity index is 0. The molecule has 0 spiro atoms. The van der Waals surface area contributed by atoms with Crippen molar-refractivity contribution in [2.75, 3.05) is 6.54 Å². The number of rotatable bonds is 7. The van der Waals surface area contributed by atoms with Crippen LogP contribution in [0, 0.1) is 0 Å². The molecule has 0 heterocycles. The number of alkyl halides is 6. The Hall–Kier alpha value is -0.600. The molecule has 0 atom stereocenters. The third-order valence-electron chi connectivity index (χ3n) is 2.13. The molecule has 0 rings (SSSR count). The van der Waals surface area contributed by atoms with E-state index in [1.807, 2.05) is 0 Å². The average molecular weight is 396 g/mol. The minimum absolute atomic E-state index is 0.778. The van der Waals surface area contributed by atoms with Crippen LogP contribution < -0.4 is 5.73 Å². The zero-order chi connectivity index (χ0) is 18.9. The lowest BCUT2D eigenvalue weighted by Crippen LogP contribution is -2.50. The molecular weight excluding hydrogens is 378 g/mol. The predicted molar refractivity (Wildman–Crippen MR) is 69.8 cm³/mol. The zero-order valence-electron chi connectivity index (χ0n) is 12.1. The van der Waals surface area contributed by atoms with E-state index in [9.17, 15) is 43.2 Å². The van der Waals surface area contributed by atoms with Gasteiger partial charge in [0.05, 0.1) is 6.54 Å². The molecule has 3 N–H and O–H groups in total. The number of quaternary nitrogens is 1. The van der Waals surface area contributed by atoms with E-state index in [1.165, 1.54) is 32.1 Å². The van der Waals surface area contributed by atoms with E-state index < -0.39 is 31.1 Å². The Labute approximate surface area is 130 Å². The smallest absolute Gasteiger partial charge is 0.421 e. The fraction of sp³-hybridized carbons (Fsp3) is 1.00. The molecule has 0 radical (unpaired) electrons. The lowest BCUT2D eigenvalue weighted by atomic mass is 10.2. The number of hydrogen-bond acceptors (Lipinski definition) is 4. The quantitative estimate of drug-likeness (QED) is 0.526. The first kappa shape index (κ1) is 24.6. The second kappa shape index (κ2) is 9.64. The first-order chi connectivity index (χ1) is 10.1. The van der Waals surface area contributed by atoms with Crippen molar-refractivity contribution >= 4 is 20.0 Å². The minimum atomic E-state index is -6.72. The summed E-state index contributed by atoms with van der Waals surface area (Å²) >= 11 is 0. The van der Waals surface area contributed by atoms with Gasteiger partial charge in [-0.05, 0) is 12.8 Å². The molecule has 6 nitrogen and oxygen atoms in total. The van der Waals surface area contributed by atoms with Crippen molar-refractivity contribution in [2.24, 2.45) is 0 Å². The normalized spacial score (nSPS) is 13.4. The van der Waals surface area contributed by atoms with E-state index in [-0.39, 0.29) is 0 Å². The van der Waals surface area contributed by atoms with Gasteiger partial charge in [-0.1, -0.05) is 26.2 Å². The van der Waals surface area contributed by atoms with E-state index >= 15 is 0 Å². The Morgan fingerprint density at radius 1 is 0.783 bits per heavy atom. The summed E-state index contributed by atoms with van der Waals surface area (Å²) in [5, 5.41) is 0. The zero-order valence-corrected chi connectivity index (χ0v) is 13.7. The highest BCUT2D eigenvalue weighted by Crippen LogP contribution is 2.36. The van der Waals surface area contributed by atoms with Gasteiger partial charge in [-0.25, -0.2) is 16.8 Å². The van der Waals surface area contributed by atoms with E-state index in [1.54, 1.807) is 0 Å². The van der Waals surface area contributed by atoms with E-state index in [4.69, 9.17) is 0 Å². The third kappa shape index (κ3) is 9.99. The predicted octanol–water partition coefficient (Wildman–Crippen LogP) is 2.26. The molecule has 0 amide bonds. The Kier molecular flexibility index (Phi) is 10.3. The van der Waals surface area contributed by atoms with Gasteiger partial charge in [0.15, 0.2) is 20.0 Å². The van der Waals surface area contributed by atoms with Gasteiger partial charge < -0.3 is 9.86 Å². The molecular formula is C9H18F6N2O4S2. The Bertz CT molecular complexity index is 479. The molecule has 0 fully saturated rings. The van der Waals surface area contributed by atoms with Gasteiger partial charge in [0.1, 0.15) is 0 Å². The lowest BCUT2D eigenvalue weighted by Gasteiger charge is -2.22. The average Bonchev–Trinajstić information content (AvgIpc) is 2.31. The van der Waals surface area contributed by atoms with Crippen LogP contribution in [0.1, 0.15) is 39.0 Å². The second-order valence-electron chi connectivity index (χ2n) is 4.18. The molecule has 0 bridgehead atoms. The SMILES string of the molecule is CCCCCCC[NH3+].O=S(=O)([N-]S(=O)(=O)C(F)(F)F)C(F)(F)F. The Morgan fingerprint density at radius 2 is 1.13 bits per heavy atom. The first-order valence-electron chi connectivity index (χ1n) is 6.28. The molecule has 142 valence electrons. The van der Waals surface area contributed by atoms with Crippen LogP contribution in [0.15, 0.2) is 0 Å². The van der Waals surface area contributed by atoms with Crippen molar-refractivity contribution < 1.29 is 48.9 Å². The van der Waals surface area contributed by atoms with Crippen LogP contribution in [0.3, 0.4) is 0 Å². The standard InChI is InChI=1S/C7H17N.C2F6NO4S2/c1-2-3-4-5-6-7-8;3-1(4,5)14(10,11)9-15(12,13)2(6,7)8/h2-8H2,1H3;/q;-1/p+1. The summed E-state index contributed by atoms with van der Waals surface area (Å²) in [6.45, 7) is 3.36. The monoisotopic (exact) mass is 396 g/mol. The molecule has 0 aliphatic heterocycles. The van der Waals surface area contributed by atoms with Gasteiger partial charge in [0.25, 0.3) is 0 Å². The molecule has 0 aromatic carbocycles. The maximum absolute atomic E-state index is 11.4. The molecule has 0 aromatic rings. The van der Waals surface area contributed by atoms with E-state index in [0.29, 0.717) is 0 Å². The highest BCUT2D eigenvalue weighted by atomic mass is 32.3. The van der Waals surface area contributed by atoms with E-state index in [2.05, 4.69) is 12.7 Å². The fourth-order valence-electron chi connectivity index (χ4n) is 0.994. The molecule has 14 heteroatoms. The van der Waals surface area contributed by atoms with Crippen LogP contribution in [-0.2, 0) is 20.0 Å². The number of sulfonamides is 2. The maximum atomic E-state index is 11.4. The Morgan fingerprint density at radius 3 is 1.39 bits per heavy atom. The highest BCUT2D eigenvalue weighted by Gasteiger charge is 2.46. The third-order valence-corrected chi connectivity index (χ3v) is 4.87. The summed E-state index contributed by atoms with van der Waals surface area (Å²) in [6, 6.07) is 0. The lowest BCUT2D eigenvalue weighted by molar-refractivity contribution is -0.368. The molecule has 0 aliphatic rings. The number of halogens is 6. The highest BCUT2D eigenvalue weighted by molar-refractivity contribution is 8.13. The van der Waals surface area contributed by atoms with Crippen LogP contribution in [0.5, 0.6) is 0 Å². The molecule has 0 saturated carbocycles. The topological polar surface area (TPSA) is 110 Å². The van der Waals surface area contributed by atoms with E-state index in [0.717, 1.165) is 10.7 Å². The molecule has 0 aromatic heterocycles. The number of unbranched alkanes of at least 4 members (excludes halogenated alkanes) is 4. The first-order valence-corrected chi connectivity index (χ1v) is 9.16. The molecule has 0 saturated heterocycles. The van der Waals surface area contributed by atoms with Gasteiger partial charge in [0, 0.05) is 0 Å². The van der Waals surface area contributed by atoms with Gasteiger partial charge in [-0.2, -0.15) is 26.3 Å². The van der Waals surface area contributed by atoms with Crippen LogP contribution >= 0.6 is 0 Å². The van der Waals surface area contributed by atoms with Crippen molar-refractivity contribution in [1.29, 1.82) is 0 Å². The summed E-state index contributed by atoms with van der Waals surface area (Å²) in [5.41, 5.74) is -8.62. The summed E-state index contributed by atoms with van der Waals surface area (Å²) < 4.78 is 109. The van der Waals surface area contributed by atoms with Gasteiger partial charge in [0.2, 0.25) is 0 Å². The van der Waals surface area contributed by atoms with Crippen molar-refractivity contribution in [3.05, 3.63) is 4.13 Å². The molecule has 23 heavy (non-hydrogen) atoms. The van der Waals surface area contributed by atoms with Crippen molar-refractivity contribution in [2.45, 2.75) is 50.0 Å².